The molecule has 1 unspecified atom stereocenters. The van der Waals surface area contributed by atoms with Gasteiger partial charge in [0.05, 0.1) is 6.54 Å². The molecule has 8 heteroatoms. The van der Waals surface area contributed by atoms with Gasteiger partial charge in [-0.1, -0.05) is 0 Å². The molecule has 2 N–H and O–H groups in total. The van der Waals surface area contributed by atoms with E-state index in [1.54, 1.807) is 17.0 Å². The highest BCUT2D eigenvalue weighted by Gasteiger charge is 2.36. The van der Waals surface area contributed by atoms with E-state index in [4.69, 9.17) is 0 Å². The lowest BCUT2D eigenvalue weighted by molar-refractivity contribution is 0.0674. The van der Waals surface area contributed by atoms with E-state index in [-0.39, 0.29) is 42.3 Å². The van der Waals surface area contributed by atoms with Gasteiger partial charge in [0.1, 0.15) is 11.5 Å². The van der Waals surface area contributed by atoms with Gasteiger partial charge in [0.15, 0.2) is 5.82 Å². The average molecular weight is 443 g/mol. The minimum atomic E-state index is -0.563. The second-order valence-corrected chi connectivity index (χ2v) is 9.09. The maximum absolute atomic E-state index is 15.5. The first-order valence-electron chi connectivity index (χ1n) is 11.4. The molecule has 0 spiro atoms. The van der Waals surface area contributed by atoms with Crippen molar-refractivity contribution in [2.75, 3.05) is 32.8 Å². The summed E-state index contributed by atoms with van der Waals surface area (Å²) in [5.41, 5.74) is 1.22. The molecule has 5 rings (SSSR count). The van der Waals surface area contributed by atoms with Crippen molar-refractivity contribution < 1.29 is 18.7 Å². The molecule has 3 aliphatic rings. The molecule has 0 aliphatic carbocycles. The zero-order valence-corrected chi connectivity index (χ0v) is 18.0. The van der Waals surface area contributed by atoms with E-state index in [1.165, 1.54) is 12.3 Å². The topological polar surface area (TPSA) is 68.7 Å². The average Bonchev–Trinajstić information content (AvgIpc) is 3.41. The van der Waals surface area contributed by atoms with Crippen LogP contribution in [0.15, 0.2) is 24.4 Å². The predicted molar refractivity (Wildman–Crippen MR) is 116 cm³/mol. The Morgan fingerprint density at radius 1 is 1.16 bits per heavy atom. The summed E-state index contributed by atoms with van der Waals surface area (Å²) < 4.78 is 30.9. The highest BCUT2D eigenvalue weighted by molar-refractivity contribution is 5.99. The Morgan fingerprint density at radius 2 is 2.00 bits per heavy atom. The molecule has 1 aromatic heterocycles. The fourth-order valence-corrected chi connectivity index (χ4v) is 5.19. The van der Waals surface area contributed by atoms with Crippen LogP contribution in [0.25, 0.3) is 11.3 Å². The Bertz CT molecular complexity index is 1030. The number of rotatable bonds is 5. The van der Waals surface area contributed by atoms with Crippen LogP contribution in [0.1, 0.15) is 40.7 Å². The number of amides is 1. The SMILES string of the molecule is O=C1c2ccc(-c3nccc(CN4CC[C@H](CO)C4)c3F)c(F)c2CN1C1CCCNC1. The van der Waals surface area contributed by atoms with Gasteiger partial charge in [-0.25, -0.2) is 8.78 Å². The van der Waals surface area contributed by atoms with E-state index < -0.39 is 11.6 Å². The van der Waals surface area contributed by atoms with Gasteiger partial charge in [-0.3, -0.25) is 14.7 Å². The van der Waals surface area contributed by atoms with Gasteiger partial charge < -0.3 is 15.3 Å². The van der Waals surface area contributed by atoms with Crippen molar-refractivity contribution in [3.63, 3.8) is 0 Å². The molecule has 2 atom stereocenters. The molecule has 0 bridgehead atoms. The maximum Gasteiger partial charge on any atom is 0.254 e. The maximum atomic E-state index is 15.5. The second kappa shape index (κ2) is 8.84. The quantitative estimate of drug-likeness (QED) is 0.745. The number of hydrogen-bond donors (Lipinski definition) is 2. The van der Waals surface area contributed by atoms with Crippen LogP contribution in [0.5, 0.6) is 0 Å². The Balaban J connectivity index is 1.41. The van der Waals surface area contributed by atoms with Gasteiger partial charge >= 0.3 is 0 Å². The third kappa shape index (κ3) is 3.80. The number of fused-ring (bicyclic) bond motifs is 1. The van der Waals surface area contributed by atoms with Crippen molar-refractivity contribution in [3.05, 3.63) is 52.7 Å². The number of aromatic nitrogens is 1. The first-order valence-corrected chi connectivity index (χ1v) is 11.4. The summed E-state index contributed by atoms with van der Waals surface area (Å²) >= 11 is 0. The molecule has 32 heavy (non-hydrogen) atoms. The molecule has 1 amide bonds. The van der Waals surface area contributed by atoms with Crippen LogP contribution in [-0.4, -0.2) is 64.6 Å². The zero-order valence-electron chi connectivity index (χ0n) is 18.0. The Morgan fingerprint density at radius 3 is 2.75 bits per heavy atom. The normalized spacial score (nSPS) is 23.7. The van der Waals surface area contributed by atoms with E-state index in [0.717, 1.165) is 38.9 Å². The molecule has 1 aromatic carbocycles. The number of aliphatic hydroxyl groups excluding tert-OH is 1. The summed E-state index contributed by atoms with van der Waals surface area (Å²) in [6.45, 7) is 3.89. The molecule has 3 aliphatic heterocycles. The number of benzene rings is 1. The highest BCUT2D eigenvalue weighted by atomic mass is 19.1. The van der Waals surface area contributed by atoms with Crippen LogP contribution in [0.4, 0.5) is 8.78 Å². The Kier molecular flexibility index (Phi) is 5.92. The fraction of sp³-hybridized carbons (Fsp3) is 0.500. The molecule has 0 radical (unpaired) electrons. The third-order valence-electron chi connectivity index (χ3n) is 7.02. The molecule has 170 valence electrons. The number of hydrogen-bond acceptors (Lipinski definition) is 5. The van der Waals surface area contributed by atoms with Crippen LogP contribution < -0.4 is 5.32 Å². The van der Waals surface area contributed by atoms with Crippen molar-refractivity contribution in [2.24, 2.45) is 5.92 Å². The standard InChI is InChI=1S/C24H28F2N4O2/c25-21-16(12-29-9-6-15(11-29)14-31)5-8-28-23(21)19-4-3-18-20(22(19)26)13-30(24(18)32)17-2-1-7-27-10-17/h3-5,8,15,17,27,31H,1-2,6-7,9-14H2/t15-,17?/m0/s1. The summed E-state index contributed by atoms with van der Waals surface area (Å²) in [5, 5.41) is 12.6. The monoisotopic (exact) mass is 442 g/mol. The third-order valence-corrected chi connectivity index (χ3v) is 7.02. The van der Waals surface area contributed by atoms with E-state index in [1.807, 2.05) is 0 Å². The minimum absolute atomic E-state index is 0.0223. The van der Waals surface area contributed by atoms with Crippen LogP contribution in [0, 0.1) is 17.6 Å². The number of halogens is 2. The summed E-state index contributed by atoms with van der Waals surface area (Å²) in [6, 6.07) is 4.75. The number of likely N-dealkylation sites (tertiary alicyclic amines) is 1. The Hall–Kier alpha value is -2.42. The molecule has 2 fully saturated rings. The number of carbonyl (C=O) groups is 1. The van der Waals surface area contributed by atoms with Gasteiger partial charge in [0.2, 0.25) is 0 Å². The van der Waals surface area contributed by atoms with E-state index in [0.29, 0.717) is 29.8 Å². The molecule has 6 nitrogen and oxygen atoms in total. The zero-order chi connectivity index (χ0) is 22.2. The van der Waals surface area contributed by atoms with E-state index >= 15 is 8.78 Å². The van der Waals surface area contributed by atoms with Crippen LogP contribution in [0.2, 0.25) is 0 Å². The lowest BCUT2D eigenvalue weighted by atomic mass is 10.0. The lowest BCUT2D eigenvalue weighted by Gasteiger charge is -2.31. The van der Waals surface area contributed by atoms with E-state index in [2.05, 4.69) is 15.2 Å². The molecule has 4 heterocycles. The van der Waals surface area contributed by atoms with Gasteiger partial charge in [-0.05, 0) is 56.5 Å². The molecule has 2 aromatic rings. The number of piperidine rings is 1. The molecular weight excluding hydrogens is 414 g/mol. The van der Waals surface area contributed by atoms with Gasteiger partial charge in [0, 0.05) is 60.7 Å². The first kappa shape index (κ1) is 21.4. The van der Waals surface area contributed by atoms with Gasteiger partial charge in [-0.15, -0.1) is 0 Å². The summed E-state index contributed by atoms with van der Waals surface area (Å²) in [5.74, 6) is -1.04. The van der Waals surface area contributed by atoms with Crippen molar-refractivity contribution in [1.29, 1.82) is 0 Å². The van der Waals surface area contributed by atoms with Crippen molar-refractivity contribution in [2.45, 2.75) is 38.4 Å². The highest BCUT2D eigenvalue weighted by Crippen LogP contribution is 2.35. The molecular formula is C24H28F2N4O2. The number of pyridine rings is 1. The first-order chi connectivity index (χ1) is 15.6. The van der Waals surface area contributed by atoms with Crippen molar-refractivity contribution >= 4 is 5.91 Å². The summed E-state index contributed by atoms with van der Waals surface area (Å²) in [7, 11) is 0. The minimum Gasteiger partial charge on any atom is -0.396 e. The fourth-order valence-electron chi connectivity index (χ4n) is 5.19. The van der Waals surface area contributed by atoms with Crippen LogP contribution in [-0.2, 0) is 13.1 Å². The van der Waals surface area contributed by atoms with Crippen LogP contribution >= 0.6 is 0 Å². The number of aliphatic hydroxyl groups is 1. The second-order valence-electron chi connectivity index (χ2n) is 9.09. The molecule has 2 saturated heterocycles. The number of nitrogens with one attached hydrogen (secondary N) is 1. The van der Waals surface area contributed by atoms with Crippen LogP contribution in [0.3, 0.4) is 0 Å². The number of carbonyl (C=O) groups excluding carboxylic acids is 1. The lowest BCUT2D eigenvalue weighted by Crippen LogP contribution is -2.46. The molecule has 0 saturated carbocycles. The van der Waals surface area contributed by atoms with Gasteiger partial charge in [0.25, 0.3) is 5.91 Å². The Labute approximate surface area is 186 Å². The smallest absolute Gasteiger partial charge is 0.254 e. The van der Waals surface area contributed by atoms with Gasteiger partial charge in [-0.2, -0.15) is 0 Å². The van der Waals surface area contributed by atoms with Crippen molar-refractivity contribution in [1.82, 2.24) is 20.1 Å². The van der Waals surface area contributed by atoms with E-state index in [9.17, 15) is 9.90 Å². The largest absolute Gasteiger partial charge is 0.396 e. The number of nitrogens with zero attached hydrogens (tertiary/aromatic N) is 3. The summed E-state index contributed by atoms with van der Waals surface area (Å²) in [4.78, 5) is 20.9. The van der Waals surface area contributed by atoms with Crippen molar-refractivity contribution in [3.8, 4) is 11.3 Å². The predicted octanol–water partition coefficient (Wildman–Crippen LogP) is 2.55. The summed E-state index contributed by atoms with van der Waals surface area (Å²) in [6.07, 6.45) is 4.27.